The summed E-state index contributed by atoms with van der Waals surface area (Å²) >= 11 is 0. The summed E-state index contributed by atoms with van der Waals surface area (Å²) in [4.78, 5) is 64.6. The van der Waals surface area contributed by atoms with Crippen LogP contribution >= 0.6 is 0 Å². The molecule has 5 aromatic rings. The molecular formula is C41H46N2O8. The van der Waals surface area contributed by atoms with Crippen molar-refractivity contribution in [3.8, 4) is 11.4 Å². The first-order valence-corrected chi connectivity index (χ1v) is 18.2. The Balaban J connectivity index is 0.974. The topological polar surface area (TPSA) is 123 Å². The third-order valence-corrected chi connectivity index (χ3v) is 10.1. The van der Waals surface area contributed by atoms with Gasteiger partial charge in [0, 0.05) is 13.7 Å². The minimum atomic E-state index is -0.631. The van der Waals surface area contributed by atoms with Crippen LogP contribution in [0.3, 0.4) is 0 Å². The average Bonchev–Trinajstić information content (AvgIpc) is 3.51. The molecule has 0 unspecified atom stereocenters. The number of unbranched alkanes of at least 4 members (excludes halogenated alkanes) is 4. The van der Waals surface area contributed by atoms with Gasteiger partial charge in [0.25, 0.3) is 22.2 Å². The Morgan fingerprint density at radius 2 is 1.31 bits per heavy atom. The van der Waals surface area contributed by atoms with Gasteiger partial charge in [-0.05, 0) is 111 Å². The van der Waals surface area contributed by atoms with Crippen molar-refractivity contribution in [1.82, 2.24) is 9.13 Å². The predicted octanol–water partition coefficient (Wildman–Crippen LogP) is 6.39. The molecule has 0 atom stereocenters. The first kappa shape index (κ1) is 36.0. The fourth-order valence-corrected chi connectivity index (χ4v) is 7.16. The third-order valence-electron chi connectivity index (χ3n) is 10.1. The number of benzene rings is 3. The SMILES string of the molecule is CCCCCCOC1CCC(c2ccc(OCCCCOC(=O)c3cc(C)cc(-n4c(=O)c5cc6c(=O)n(C)c(=O)c6cc5c4=O)c3)cc2)CC1. The summed E-state index contributed by atoms with van der Waals surface area (Å²) in [6.45, 7) is 5.54. The molecule has 0 aliphatic heterocycles. The Morgan fingerprint density at radius 1 is 0.706 bits per heavy atom. The highest BCUT2D eigenvalue weighted by Gasteiger charge is 2.23. The fraction of sp³-hybridized carbons (Fsp3) is 0.439. The molecule has 0 radical (unpaired) electrons. The smallest absolute Gasteiger partial charge is 0.338 e. The lowest BCUT2D eigenvalue weighted by Gasteiger charge is -2.29. The molecule has 10 nitrogen and oxygen atoms in total. The number of hydrogen-bond acceptors (Lipinski definition) is 8. The van der Waals surface area contributed by atoms with Crippen LogP contribution in [0.2, 0.25) is 0 Å². The maximum atomic E-state index is 13.4. The number of rotatable bonds is 15. The zero-order valence-corrected chi connectivity index (χ0v) is 29.7. The second kappa shape index (κ2) is 16.0. The highest BCUT2D eigenvalue weighted by molar-refractivity contribution is 5.98. The number of aromatic nitrogens is 2. The molecule has 3 aromatic carbocycles. The first-order valence-electron chi connectivity index (χ1n) is 18.2. The Hall–Kier alpha value is -4.83. The Bertz CT molecular complexity index is 2140. The summed E-state index contributed by atoms with van der Waals surface area (Å²) in [6, 6.07) is 15.7. The van der Waals surface area contributed by atoms with E-state index in [1.807, 2.05) is 12.1 Å². The van der Waals surface area contributed by atoms with E-state index in [0.29, 0.717) is 37.0 Å². The molecule has 0 amide bonds. The van der Waals surface area contributed by atoms with Crippen molar-refractivity contribution in [3.05, 3.63) is 113 Å². The van der Waals surface area contributed by atoms with E-state index in [2.05, 4.69) is 19.1 Å². The van der Waals surface area contributed by atoms with Crippen molar-refractivity contribution in [2.24, 2.45) is 7.05 Å². The van der Waals surface area contributed by atoms with Gasteiger partial charge >= 0.3 is 5.97 Å². The molecule has 0 saturated heterocycles. The van der Waals surface area contributed by atoms with Gasteiger partial charge < -0.3 is 14.2 Å². The number of aryl methyl sites for hydroxylation is 1. The van der Waals surface area contributed by atoms with Crippen LogP contribution in [-0.2, 0) is 16.5 Å². The first-order chi connectivity index (χ1) is 24.7. The largest absolute Gasteiger partial charge is 0.494 e. The van der Waals surface area contributed by atoms with Gasteiger partial charge in [0.15, 0.2) is 0 Å². The van der Waals surface area contributed by atoms with Crippen molar-refractivity contribution in [2.75, 3.05) is 19.8 Å². The molecule has 10 heteroatoms. The van der Waals surface area contributed by atoms with E-state index in [1.165, 1.54) is 50.1 Å². The molecule has 0 bridgehead atoms. The summed E-state index contributed by atoms with van der Waals surface area (Å²) in [5.41, 5.74) is 0.0942. The minimum Gasteiger partial charge on any atom is -0.494 e. The number of esters is 1. The number of ether oxygens (including phenoxy) is 3. The van der Waals surface area contributed by atoms with Crippen LogP contribution in [0, 0.1) is 6.92 Å². The number of carbonyl (C=O) groups is 1. The summed E-state index contributed by atoms with van der Waals surface area (Å²) in [5.74, 6) is 0.807. The quantitative estimate of drug-likeness (QED) is 0.0914. The van der Waals surface area contributed by atoms with E-state index in [1.54, 1.807) is 19.1 Å². The van der Waals surface area contributed by atoms with Crippen molar-refractivity contribution >= 4 is 27.5 Å². The van der Waals surface area contributed by atoms with Gasteiger partial charge in [-0.25, -0.2) is 9.36 Å². The molecule has 1 saturated carbocycles. The molecule has 1 aliphatic carbocycles. The van der Waals surface area contributed by atoms with Crippen molar-refractivity contribution in [2.45, 2.75) is 90.1 Å². The lowest BCUT2D eigenvalue weighted by Crippen LogP contribution is -2.24. The number of carbonyl (C=O) groups excluding carboxylic acids is 1. The van der Waals surface area contributed by atoms with E-state index in [4.69, 9.17) is 14.2 Å². The molecular weight excluding hydrogens is 648 g/mol. The summed E-state index contributed by atoms with van der Waals surface area (Å²) < 4.78 is 19.5. The predicted molar refractivity (Wildman–Crippen MR) is 198 cm³/mol. The highest BCUT2D eigenvalue weighted by atomic mass is 16.5. The van der Waals surface area contributed by atoms with Gasteiger partial charge in [-0.2, -0.15) is 0 Å². The van der Waals surface area contributed by atoms with Crippen LogP contribution in [0.15, 0.2) is 73.8 Å². The Labute approximate surface area is 296 Å². The molecule has 2 heterocycles. The lowest BCUT2D eigenvalue weighted by molar-refractivity contribution is 0.0226. The average molecular weight is 695 g/mol. The molecule has 51 heavy (non-hydrogen) atoms. The molecule has 1 fully saturated rings. The maximum absolute atomic E-state index is 13.4. The van der Waals surface area contributed by atoms with E-state index in [9.17, 15) is 24.0 Å². The zero-order valence-electron chi connectivity index (χ0n) is 29.7. The van der Waals surface area contributed by atoms with Gasteiger partial charge in [-0.15, -0.1) is 0 Å². The molecule has 0 N–H and O–H groups in total. The maximum Gasteiger partial charge on any atom is 0.338 e. The van der Waals surface area contributed by atoms with E-state index in [0.717, 1.165) is 53.6 Å². The minimum absolute atomic E-state index is 0.0375. The molecule has 6 rings (SSSR count). The highest BCUT2D eigenvalue weighted by Crippen LogP contribution is 2.35. The molecule has 268 valence electrons. The second-order valence-corrected chi connectivity index (χ2v) is 13.8. The fourth-order valence-electron chi connectivity index (χ4n) is 7.16. The van der Waals surface area contributed by atoms with Crippen molar-refractivity contribution < 1.29 is 19.0 Å². The van der Waals surface area contributed by atoms with Crippen LogP contribution in [0.5, 0.6) is 5.75 Å². The zero-order chi connectivity index (χ0) is 36.1. The van der Waals surface area contributed by atoms with Crippen LogP contribution in [0.1, 0.15) is 98.5 Å². The Kier molecular flexibility index (Phi) is 11.3. The van der Waals surface area contributed by atoms with Crippen LogP contribution in [0.4, 0.5) is 0 Å². The van der Waals surface area contributed by atoms with Crippen LogP contribution in [-0.4, -0.2) is 41.0 Å². The third kappa shape index (κ3) is 7.91. The Morgan fingerprint density at radius 3 is 1.96 bits per heavy atom. The number of hydrogen-bond donors (Lipinski definition) is 0. The van der Waals surface area contributed by atoms with E-state index >= 15 is 0 Å². The van der Waals surface area contributed by atoms with Gasteiger partial charge in [0.2, 0.25) is 0 Å². The van der Waals surface area contributed by atoms with Crippen molar-refractivity contribution in [3.63, 3.8) is 0 Å². The van der Waals surface area contributed by atoms with Gasteiger partial charge in [-0.1, -0.05) is 38.3 Å². The normalized spacial score (nSPS) is 16.2. The number of fused-ring (bicyclic) bond motifs is 2. The molecule has 2 aromatic heterocycles. The van der Waals surface area contributed by atoms with Gasteiger partial charge in [0.1, 0.15) is 5.75 Å². The van der Waals surface area contributed by atoms with E-state index < -0.39 is 28.2 Å². The van der Waals surface area contributed by atoms with Gasteiger partial charge in [-0.3, -0.25) is 23.7 Å². The summed E-state index contributed by atoms with van der Waals surface area (Å²) in [6.07, 6.45) is 11.2. The van der Waals surface area contributed by atoms with Crippen molar-refractivity contribution in [1.29, 1.82) is 0 Å². The number of nitrogens with zero attached hydrogens (tertiary/aromatic N) is 2. The second-order valence-electron chi connectivity index (χ2n) is 13.8. The van der Waals surface area contributed by atoms with Crippen LogP contribution in [0.25, 0.3) is 27.2 Å². The summed E-state index contributed by atoms with van der Waals surface area (Å²) in [5, 5.41) is 0.248. The standard InChI is InChI=1S/C41H46N2O8/c1-4-5-6-7-18-49-31-14-10-27(11-15-31)28-12-16-32(17-13-28)50-19-8-9-20-51-41(48)29-21-26(2)22-30(23-29)43-39(46)35-24-33-34(25-36(35)40(43)47)38(45)42(3)37(33)44/h12-13,16-17,21-25,27,31H,4-11,14-15,18-20H2,1-3H3. The monoisotopic (exact) mass is 694 g/mol. The summed E-state index contributed by atoms with van der Waals surface area (Å²) in [7, 11) is 1.35. The van der Waals surface area contributed by atoms with Gasteiger partial charge in [0.05, 0.1) is 52.1 Å². The molecule has 1 aliphatic rings. The van der Waals surface area contributed by atoms with Crippen LogP contribution < -0.4 is 27.0 Å². The lowest BCUT2D eigenvalue weighted by atomic mass is 9.83. The van der Waals surface area contributed by atoms with E-state index in [-0.39, 0.29) is 39.4 Å². The molecule has 0 spiro atoms.